The van der Waals surface area contributed by atoms with Crippen molar-refractivity contribution in [1.82, 2.24) is 9.13 Å². The molecule has 0 unspecified atom stereocenters. The molecule has 0 N–H and O–H groups in total. The van der Waals surface area contributed by atoms with Gasteiger partial charge in [0.15, 0.2) is 0 Å². The van der Waals surface area contributed by atoms with E-state index in [-0.39, 0.29) is 17.2 Å². The zero-order valence-corrected chi connectivity index (χ0v) is 38.4. The van der Waals surface area contributed by atoms with Crippen molar-refractivity contribution >= 4 is 43.6 Å². The minimum atomic E-state index is -5.05. The molecular formula is C61H41F6N3. The Labute approximate surface area is 399 Å². The Balaban J connectivity index is 1.23. The molecule has 342 valence electrons. The number of fused-ring (bicyclic) bond motifs is 6. The molecule has 0 radical (unpaired) electrons. The van der Waals surface area contributed by atoms with E-state index in [0.29, 0.717) is 28.1 Å². The van der Waals surface area contributed by atoms with Crippen LogP contribution in [0.3, 0.4) is 0 Å². The van der Waals surface area contributed by atoms with Crippen LogP contribution in [-0.4, -0.2) is 9.13 Å². The summed E-state index contributed by atoms with van der Waals surface area (Å²) in [5.41, 5.74) is 11.7. The number of aryl methyl sites for hydroxylation is 4. The largest absolute Gasteiger partial charge is 0.416 e. The van der Waals surface area contributed by atoms with E-state index in [9.17, 15) is 31.6 Å². The van der Waals surface area contributed by atoms with Crippen LogP contribution in [-0.2, 0) is 12.4 Å². The summed E-state index contributed by atoms with van der Waals surface area (Å²) in [7, 11) is 0. The molecule has 0 fully saturated rings. The monoisotopic (exact) mass is 929 g/mol. The zero-order valence-electron chi connectivity index (χ0n) is 38.4. The van der Waals surface area contributed by atoms with Gasteiger partial charge in [-0.3, -0.25) is 0 Å². The first kappa shape index (κ1) is 44.2. The molecule has 0 aliphatic carbocycles. The number of halogens is 6. The topological polar surface area (TPSA) is 33.6 Å². The summed E-state index contributed by atoms with van der Waals surface area (Å²) in [6, 6.07) is 55.7. The first-order chi connectivity index (χ1) is 33.5. The number of aromatic nitrogens is 2. The van der Waals surface area contributed by atoms with E-state index in [1.807, 2.05) is 48.5 Å². The van der Waals surface area contributed by atoms with Crippen molar-refractivity contribution in [3.05, 3.63) is 215 Å². The lowest BCUT2D eigenvalue weighted by Crippen LogP contribution is -2.11. The van der Waals surface area contributed by atoms with Crippen molar-refractivity contribution in [3.63, 3.8) is 0 Å². The van der Waals surface area contributed by atoms with Crippen LogP contribution in [0.1, 0.15) is 38.9 Å². The Bertz CT molecular complexity index is 3920. The van der Waals surface area contributed by atoms with Crippen LogP contribution in [0.15, 0.2) is 176 Å². The molecule has 0 aliphatic heterocycles. The molecule has 0 saturated heterocycles. The fraction of sp³-hybridized carbons (Fsp3) is 0.0984. The third kappa shape index (κ3) is 7.66. The average Bonchev–Trinajstić information content (AvgIpc) is 3.84. The quantitative estimate of drug-likeness (QED) is 0.153. The van der Waals surface area contributed by atoms with E-state index in [2.05, 4.69) is 122 Å². The molecule has 11 rings (SSSR count). The number of alkyl halides is 6. The fourth-order valence-corrected chi connectivity index (χ4v) is 10.4. The molecule has 0 atom stereocenters. The van der Waals surface area contributed by atoms with Gasteiger partial charge < -0.3 is 9.13 Å². The van der Waals surface area contributed by atoms with Gasteiger partial charge in [0.05, 0.1) is 56.2 Å². The van der Waals surface area contributed by atoms with Crippen molar-refractivity contribution in [2.75, 3.05) is 0 Å². The molecule has 2 heterocycles. The van der Waals surface area contributed by atoms with Crippen LogP contribution in [0.4, 0.5) is 26.3 Å². The van der Waals surface area contributed by atoms with Gasteiger partial charge in [-0.2, -0.15) is 31.6 Å². The summed E-state index contributed by atoms with van der Waals surface area (Å²) < 4.78 is 90.7. The van der Waals surface area contributed by atoms with Gasteiger partial charge in [0.1, 0.15) is 0 Å². The number of nitriles is 1. The number of hydrogen-bond donors (Lipinski definition) is 0. The molecule has 11 aromatic rings. The van der Waals surface area contributed by atoms with Gasteiger partial charge in [0.2, 0.25) is 0 Å². The van der Waals surface area contributed by atoms with Gasteiger partial charge >= 0.3 is 12.4 Å². The lowest BCUT2D eigenvalue weighted by molar-refractivity contribution is -0.143. The predicted molar refractivity (Wildman–Crippen MR) is 271 cm³/mol. The van der Waals surface area contributed by atoms with Crippen LogP contribution in [0.5, 0.6) is 0 Å². The lowest BCUT2D eigenvalue weighted by atomic mass is 9.93. The molecular weight excluding hydrogens is 889 g/mol. The molecule has 0 aliphatic rings. The number of rotatable bonds is 6. The molecule has 0 saturated carbocycles. The Morgan fingerprint density at radius 1 is 0.357 bits per heavy atom. The van der Waals surface area contributed by atoms with E-state index in [4.69, 9.17) is 0 Å². The summed E-state index contributed by atoms with van der Waals surface area (Å²) in [5, 5.41) is 14.3. The minimum Gasteiger partial charge on any atom is -0.309 e. The molecule has 9 heteroatoms. The third-order valence-electron chi connectivity index (χ3n) is 13.3. The second-order valence-electron chi connectivity index (χ2n) is 18.3. The van der Waals surface area contributed by atoms with Gasteiger partial charge in [0.25, 0.3) is 0 Å². The summed E-state index contributed by atoms with van der Waals surface area (Å²) in [5.74, 6) is 0. The highest BCUT2D eigenvalue weighted by Crippen LogP contribution is 2.45. The van der Waals surface area contributed by atoms with Crippen molar-refractivity contribution in [2.24, 2.45) is 0 Å². The van der Waals surface area contributed by atoms with E-state index in [0.717, 1.165) is 100 Å². The number of hydrogen-bond acceptors (Lipinski definition) is 1. The van der Waals surface area contributed by atoms with Gasteiger partial charge in [-0.1, -0.05) is 113 Å². The number of para-hydroxylation sites is 2. The normalized spacial score (nSPS) is 12.1. The summed E-state index contributed by atoms with van der Waals surface area (Å²) >= 11 is 0. The molecule has 2 aromatic heterocycles. The molecule has 3 nitrogen and oxygen atoms in total. The van der Waals surface area contributed by atoms with Crippen LogP contribution in [0.25, 0.3) is 99.5 Å². The van der Waals surface area contributed by atoms with Crippen molar-refractivity contribution < 1.29 is 26.3 Å². The van der Waals surface area contributed by atoms with Crippen LogP contribution >= 0.6 is 0 Å². The maximum absolute atomic E-state index is 14.4. The highest BCUT2D eigenvalue weighted by atomic mass is 19.4. The van der Waals surface area contributed by atoms with Crippen LogP contribution < -0.4 is 0 Å². The Morgan fingerprint density at radius 3 is 1.20 bits per heavy atom. The maximum Gasteiger partial charge on any atom is 0.416 e. The fourth-order valence-electron chi connectivity index (χ4n) is 10.4. The van der Waals surface area contributed by atoms with Crippen LogP contribution in [0, 0.1) is 39.0 Å². The van der Waals surface area contributed by atoms with Crippen molar-refractivity contribution in [1.29, 1.82) is 5.26 Å². The van der Waals surface area contributed by atoms with Gasteiger partial charge in [0, 0.05) is 32.7 Å². The molecule has 0 spiro atoms. The van der Waals surface area contributed by atoms with E-state index >= 15 is 0 Å². The lowest BCUT2D eigenvalue weighted by Gasteiger charge is -2.21. The first-order valence-corrected chi connectivity index (χ1v) is 22.8. The molecule has 70 heavy (non-hydrogen) atoms. The van der Waals surface area contributed by atoms with Crippen molar-refractivity contribution in [2.45, 2.75) is 40.0 Å². The first-order valence-electron chi connectivity index (χ1n) is 22.8. The standard InChI is InChI=1S/C61H41F6N3/c1-35-21-36(2)24-43(23-35)40-14-18-57-51(30-40)48-9-5-7-11-54(48)69(57)56-17-13-39(34-68)27-50(56)53-32-42(45-28-46(60(62,63)64)33-47(29-45)61(65,66)67)16-20-59(53)70-55-12-8-6-10-49(55)52-31-41(15-19-58(52)70)44-25-37(3)22-38(4)26-44/h5-33H,1-4H3. The molecule has 0 amide bonds. The number of benzene rings is 9. The molecule has 0 bridgehead atoms. The smallest absolute Gasteiger partial charge is 0.309 e. The minimum absolute atomic E-state index is 0.127. The number of nitrogens with zero attached hydrogens (tertiary/aromatic N) is 3. The predicted octanol–water partition coefficient (Wildman–Crippen LogP) is 17.7. The van der Waals surface area contributed by atoms with E-state index in [1.54, 1.807) is 30.3 Å². The third-order valence-corrected chi connectivity index (χ3v) is 13.3. The highest BCUT2D eigenvalue weighted by molar-refractivity contribution is 6.13. The summed E-state index contributed by atoms with van der Waals surface area (Å²) in [4.78, 5) is 0. The van der Waals surface area contributed by atoms with Gasteiger partial charge in [-0.05, 0) is 146 Å². The Hall–Kier alpha value is -8.35. The van der Waals surface area contributed by atoms with Gasteiger partial charge in [-0.25, -0.2) is 0 Å². The Kier molecular flexibility index (Phi) is 10.4. The zero-order chi connectivity index (χ0) is 48.8. The average molecular weight is 930 g/mol. The van der Waals surface area contributed by atoms with Gasteiger partial charge in [-0.15, -0.1) is 0 Å². The summed E-state index contributed by atoms with van der Waals surface area (Å²) in [6.07, 6.45) is -10.1. The molecule has 9 aromatic carbocycles. The van der Waals surface area contributed by atoms with E-state index < -0.39 is 23.5 Å². The second-order valence-corrected chi connectivity index (χ2v) is 18.3. The van der Waals surface area contributed by atoms with Crippen LogP contribution in [0.2, 0.25) is 0 Å². The second kappa shape index (κ2) is 16.4. The highest BCUT2D eigenvalue weighted by Gasteiger charge is 2.37. The summed E-state index contributed by atoms with van der Waals surface area (Å²) in [6.45, 7) is 8.27. The Morgan fingerprint density at radius 2 is 0.743 bits per heavy atom. The van der Waals surface area contributed by atoms with Crippen molar-refractivity contribution in [3.8, 4) is 62.0 Å². The van der Waals surface area contributed by atoms with E-state index in [1.165, 1.54) is 0 Å². The SMILES string of the molecule is Cc1cc(C)cc(-c2ccc3c(c2)c2ccccc2n3-c2ccc(C#N)cc2-c2cc(-c3cc(C(F)(F)F)cc(C(F)(F)F)c3)ccc2-n2c3ccccc3c3cc(-c4cc(C)cc(C)c4)ccc32)c1. The maximum atomic E-state index is 14.4.